The molecule has 1 aromatic carbocycles. The molecule has 3 aromatic rings. The number of hydrogen-bond acceptors (Lipinski definition) is 5. The zero-order valence-corrected chi connectivity index (χ0v) is 20.9. The molecule has 2 aliphatic heterocycles. The molecule has 1 amide bonds. The highest BCUT2D eigenvalue weighted by Crippen LogP contribution is 2.30. The molecule has 35 heavy (non-hydrogen) atoms. The number of carbonyl (C=O) groups excluding carboxylic acids is 1. The van der Waals surface area contributed by atoms with Crippen LogP contribution in [0.5, 0.6) is 11.6 Å². The first-order valence-corrected chi connectivity index (χ1v) is 13.2. The molecule has 4 heterocycles. The molecule has 7 nitrogen and oxygen atoms in total. The monoisotopic (exact) mass is 495 g/mol. The van der Waals surface area contributed by atoms with Gasteiger partial charge in [0.05, 0.1) is 0 Å². The highest BCUT2D eigenvalue weighted by atomic mass is 35.5. The molecule has 0 spiro atoms. The van der Waals surface area contributed by atoms with Crippen molar-refractivity contribution in [2.45, 2.75) is 44.6 Å². The van der Waals surface area contributed by atoms with Gasteiger partial charge in [0, 0.05) is 49.2 Å². The summed E-state index contributed by atoms with van der Waals surface area (Å²) >= 11 is 5.98. The summed E-state index contributed by atoms with van der Waals surface area (Å²) in [6.07, 6.45) is 7.41. The van der Waals surface area contributed by atoms with Crippen LogP contribution in [0.4, 0.5) is 0 Å². The van der Waals surface area contributed by atoms with Crippen LogP contribution >= 0.6 is 11.6 Å². The number of aromatic nitrogens is 2. The lowest BCUT2D eigenvalue weighted by molar-refractivity contribution is 0.0902. The number of likely N-dealkylation sites (tertiary alicyclic amines) is 2. The first kappa shape index (κ1) is 24.1. The number of benzene rings is 1. The van der Waals surface area contributed by atoms with Crippen molar-refractivity contribution in [3.8, 4) is 11.6 Å². The number of nitrogens with one attached hydrogen (secondary N) is 2. The number of nitrogens with zero attached hydrogens (tertiary/aromatic N) is 3. The van der Waals surface area contributed by atoms with Crippen molar-refractivity contribution in [2.75, 3.05) is 39.3 Å². The van der Waals surface area contributed by atoms with Gasteiger partial charge in [-0.15, -0.1) is 0 Å². The van der Waals surface area contributed by atoms with Crippen molar-refractivity contribution in [3.63, 3.8) is 0 Å². The lowest BCUT2D eigenvalue weighted by Gasteiger charge is -2.33. The van der Waals surface area contributed by atoms with E-state index in [2.05, 4.69) is 25.1 Å². The number of H-pyrrole nitrogens is 1. The molecule has 5 rings (SSSR count). The molecule has 0 bridgehead atoms. The molecule has 0 saturated carbocycles. The third kappa shape index (κ3) is 6.34. The number of carbonyl (C=O) groups is 1. The Morgan fingerprint density at radius 2 is 1.71 bits per heavy atom. The number of rotatable bonds is 7. The highest BCUT2D eigenvalue weighted by molar-refractivity contribution is 6.29. The minimum Gasteiger partial charge on any atom is -0.438 e. The molecule has 2 aromatic heterocycles. The Morgan fingerprint density at radius 1 is 1.00 bits per heavy atom. The average Bonchev–Trinajstić information content (AvgIpc) is 3.14. The maximum Gasteiger partial charge on any atom is 0.267 e. The van der Waals surface area contributed by atoms with Crippen molar-refractivity contribution in [1.29, 1.82) is 0 Å². The molecule has 2 saturated heterocycles. The van der Waals surface area contributed by atoms with Gasteiger partial charge in [0.15, 0.2) is 0 Å². The fourth-order valence-corrected chi connectivity index (χ4v) is 5.26. The zero-order valence-electron chi connectivity index (χ0n) is 20.1. The SMILES string of the molecule is O=C(NC1CCN(CCN2CCCCCC2)CC1)c1cc2c(Oc3cccc(Cl)n3)cccc2[nH]1. The summed E-state index contributed by atoms with van der Waals surface area (Å²) in [5.41, 5.74) is 1.39. The third-order valence-corrected chi connectivity index (χ3v) is 7.34. The fourth-order valence-electron chi connectivity index (χ4n) is 5.10. The minimum atomic E-state index is -0.0731. The molecule has 0 unspecified atom stereocenters. The second-order valence-electron chi connectivity index (χ2n) is 9.65. The number of aromatic amines is 1. The van der Waals surface area contributed by atoms with Gasteiger partial charge in [-0.1, -0.05) is 36.6 Å². The summed E-state index contributed by atoms with van der Waals surface area (Å²) in [6, 6.07) is 13.0. The second-order valence-corrected chi connectivity index (χ2v) is 10.0. The lowest BCUT2D eigenvalue weighted by atomic mass is 10.0. The van der Waals surface area contributed by atoms with Crippen molar-refractivity contribution < 1.29 is 9.53 Å². The van der Waals surface area contributed by atoms with Gasteiger partial charge in [-0.2, -0.15) is 0 Å². The van der Waals surface area contributed by atoms with Gasteiger partial charge in [-0.25, -0.2) is 4.98 Å². The molecule has 0 aliphatic carbocycles. The van der Waals surface area contributed by atoms with Gasteiger partial charge in [0.1, 0.15) is 16.6 Å². The van der Waals surface area contributed by atoms with Crippen LogP contribution in [0.2, 0.25) is 5.15 Å². The average molecular weight is 496 g/mol. The molecule has 2 aliphatic rings. The Labute approximate surface area is 211 Å². The summed E-state index contributed by atoms with van der Waals surface area (Å²) in [6.45, 7) is 6.87. The van der Waals surface area contributed by atoms with Crippen LogP contribution < -0.4 is 10.1 Å². The van der Waals surface area contributed by atoms with Crippen molar-refractivity contribution in [3.05, 3.63) is 53.3 Å². The Balaban J connectivity index is 1.14. The van der Waals surface area contributed by atoms with Crippen molar-refractivity contribution in [2.24, 2.45) is 0 Å². The van der Waals surface area contributed by atoms with E-state index in [-0.39, 0.29) is 11.9 Å². The van der Waals surface area contributed by atoms with Gasteiger partial charge in [-0.05, 0) is 63.0 Å². The molecular weight excluding hydrogens is 462 g/mol. The normalized spacial score (nSPS) is 18.4. The van der Waals surface area contributed by atoms with Gasteiger partial charge >= 0.3 is 0 Å². The molecule has 2 N–H and O–H groups in total. The third-order valence-electron chi connectivity index (χ3n) is 7.13. The summed E-state index contributed by atoms with van der Waals surface area (Å²) in [7, 11) is 0. The number of halogens is 1. The van der Waals surface area contributed by atoms with Crippen LogP contribution in [-0.4, -0.2) is 71.0 Å². The van der Waals surface area contributed by atoms with Gasteiger partial charge in [-0.3, -0.25) is 4.79 Å². The Hall–Kier alpha value is -2.61. The summed E-state index contributed by atoms with van der Waals surface area (Å²) in [5, 5.41) is 4.44. The van der Waals surface area contributed by atoms with Crippen LogP contribution in [0, 0.1) is 0 Å². The van der Waals surface area contributed by atoms with Gasteiger partial charge in [0.25, 0.3) is 5.91 Å². The predicted molar refractivity (Wildman–Crippen MR) is 139 cm³/mol. The fraction of sp³-hybridized carbons (Fsp3) is 0.481. The van der Waals surface area contributed by atoms with E-state index in [1.165, 1.54) is 45.3 Å². The van der Waals surface area contributed by atoms with Gasteiger partial charge < -0.3 is 24.8 Å². The smallest absolute Gasteiger partial charge is 0.267 e. The number of hydrogen-bond donors (Lipinski definition) is 2. The largest absolute Gasteiger partial charge is 0.438 e. The first-order chi connectivity index (χ1) is 17.1. The topological polar surface area (TPSA) is 73.5 Å². The van der Waals surface area contributed by atoms with E-state index in [9.17, 15) is 4.79 Å². The van der Waals surface area contributed by atoms with Crippen LogP contribution in [0.1, 0.15) is 49.0 Å². The lowest BCUT2D eigenvalue weighted by Crippen LogP contribution is -2.46. The maximum atomic E-state index is 13.0. The molecule has 186 valence electrons. The van der Waals surface area contributed by atoms with E-state index in [0.29, 0.717) is 22.5 Å². The molecule has 2 fully saturated rings. The number of ether oxygens (including phenoxy) is 1. The minimum absolute atomic E-state index is 0.0731. The van der Waals surface area contributed by atoms with Crippen molar-refractivity contribution >= 4 is 28.4 Å². The van der Waals surface area contributed by atoms with Crippen LogP contribution in [-0.2, 0) is 0 Å². The first-order valence-electron chi connectivity index (χ1n) is 12.8. The number of pyridine rings is 1. The second kappa shape index (κ2) is 11.4. The standard InChI is InChI=1S/C27H34ClN5O2/c28-25-9-6-10-26(31-25)35-24-8-5-7-22-21(24)19-23(30-22)27(34)29-20-11-15-33(16-12-20)18-17-32-13-3-1-2-4-14-32/h5-10,19-20,30H,1-4,11-18H2,(H,29,34). The Kier molecular flexibility index (Phi) is 7.86. The molecular formula is C27H34ClN5O2. The summed E-state index contributed by atoms with van der Waals surface area (Å²) in [5.74, 6) is 0.973. The van der Waals surface area contributed by atoms with E-state index in [0.717, 1.165) is 43.4 Å². The molecule has 8 heteroatoms. The van der Waals surface area contributed by atoms with E-state index >= 15 is 0 Å². The molecule has 0 atom stereocenters. The summed E-state index contributed by atoms with van der Waals surface area (Å²) in [4.78, 5) is 25.6. The van der Waals surface area contributed by atoms with Crippen molar-refractivity contribution in [1.82, 2.24) is 25.1 Å². The van der Waals surface area contributed by atoms with E-state index in [4.69, 9.17) is 16.3 Å². The highest BCUT2D eigenvalue weighted by Gasteiger charge is 2.23. The van der Waals surface area contributed by atoms with Crippen LogP contribution in [0.25, 0.3) is 10.9 Å². The van der Waals surface area contributed by atoms with E-state index in [1.807, 2.05) is 24.3 Å². The Morgan fingerprint density at radius 3 is 2.46 bits per heavy atom. The summed E-state index contributed by atoms with van der Waals surface area (Å²) < 4.78 is 5.94. The van der Waals surface area contributed by atoms with E-state index < -0.39 is 0 Å². The number of amides is 1. The number of piperidine rings is 1. The van der Waals surface area contributed by atoms with Crippen LogP contribution in [0.15, 0.2) is 42.5 Å². The quantitative estimate of drug-likeness (QED) is 0.447. The predicted octanol–water partition coefficient (Wildman–Crippen LogP) is 5.08. The Bertz CT molecular complexity index is 1130. The molecule has 0 radical (unpaired) electrons. The number of fused-ring (bicyclic) bond motifs is 1. The van der Waals surface area contributed by atoms with Crippen LogP contribution in [0.3, 0.4) is 0 Å². The van der Waals surface area contributed by atoms with E-state index in [1.54, 1.807) is 18.2 Å². The zero-order chi connectivity index (χ0) is 24.0. The van der Waals surface area contributed by atoms with Gasteiger partial charge in [0.2, 0.25) is 5.88 Å². The maximum absolute atomic E-state index is 13.0.